The number of fused-ring (bicyclic) bond motifs is 1. The summed E-state index contributed by atoms with van der Waals surface area (Å²) in [4.78, 5) is 49.6. The van der Waals surface area contributed by atoms with Gasteiger partial charge in [0, 0.05) is 38.6 Å². The standard InChI is InChI=1S/C21H27ClN6O4/c1-2-3-4-11-27-17-16(24-19(22)25-17)18(29)28(20(27)30)12-6-10-26(21(31)32)13-8-15-7-5-9-23-14-15/h5,7,9,14H,2-4,6,8,10-13H2,1H3,(H,24,25)(H,31,32). The fourth-order valence-corrected chi connectivity index (χ4v) is 3.76. The number of hydrogen-bond donors (Lipinski definition) is 2. The second-order valence-electron chi connectivity index (χ2n) is 7.56. The molecule has 32 heavy (non-hydrogen) atoms. The number of nitrogens with zero attached hydrogens (tertiary/aromatic N) is 5. The van der Waals surface area contributed by atoms with Crippen LogP contribution in [0.4, 0.5) is 4.79 Å². The lowest BCUT2D eigenvalue weighted by molar-refractivity contribution is 0.144. The highest BCUT2D eigenvalue weighted by molar-refractivity contribution is 6.28. The molecule has 10 nitrogen and oxygen atoms in total. The molecule has 0 aromatic carbocycles. The molecule has 0 saturated heterocycles. The molecule has 0 aliphatic rings. The van der Waals surface area contributed by atoms with Crippen LogP contribution in [0.3, 0.4) is 0 Å². The zero-order valence-electron chi connectivity index (χ0n) is 18.0. The topological polar surface area (TPSA) is 126 Å². The lowest BCUT2D eigenvalue weighted by atomic mass is 10.2. The van der Waals surface area contributed by atoms with E-state index < -0.39 is 17.3 Å². The Labute approximate surface area is 189 Å². The van der Waals surface area contributed by atoms with Gasteiger partial charge in [-0.15, -0.1) is 0 Å². The maximum Gasteiger partial charge on any atom is 0.407 e. The zero-order chi connectivity index (χ0) is 23.1. The number of carbonyl (C=O) groups is 1. The van der Waals surface area contributed by atoms with Gasteiger partial charge in [0.25, 0.3) is 5.56 Å². The summed E-state index contributed by atoms with van der Waals surface area (Å²) in [6.07, 6.45) is 5.86. The van der Waals surface area contributed by atoms with Crippen molar-refractivity contribution >= 4 is 28.9 Å². The summed E-state index contributed by atoms with van der Waals surface area (Å²) in [5, 5.41) is 9.56. The number of aryl methyl sites for hydroxylation is 1. The van der Waals surface area contributed by atoms with Gasteiger partial charge >= 0.3 is 11.8 Å². The zero-order valence-corrected chi connectivity index (χ0v) is 18.7. The van der Waals surface area contributed by atoms with Crippen LogP contribution in [0.5, 0.6) is 0 Å². The van der Waals surface area contributed by atoms with Crippen LogP contribution in [0.1, 0.15) is 38.2 Å². The average Bonchev–Trinajstić information content (AvgIpc) is 3.17. The maximum atomic E-state index is 13.0. The number of carboxylic acid groups (broad SMARTS) is 1. The Morgan fingerprint density at radius 1 is 1.19 bits per heavy atom. The van der Waals surface area contributed by atoms with Crippen LogP contribution in [0.15, 0.2) is 34.1 Å². The highest BCUT2D eigenvalue weighted by Crippen LogP contribution is 2.11. The van der Waals surface area contributed by atoms with Crippen LogP contribution in [-0.2, 0) is 19.5 Å². The number of halogens is 1. The van der Waals surface area contributed by atoms with Gasteiger partial charge in [-0.3, -0.25) is 18.9 Å². The van der Waals surface area contributed by atoms with Crippen LogP contribution < -0.4 is 11.2 Å². The van der Waals surface area contributed by atoms with E-state index in [-0.39, 0.29) is 29.5 Å². The van der Waals surface area contributed by atoms with Crippen LogP contribution in [0, 0.1) is 0 Å². The molecule has 0 saturated carbocycles. The van der Waals surface area contributed by atoms with Crippen LogP contribution >= 0.6 is 11.6 Å². The van der Waals surface area contributed by atoms with Gasteiger partial charge in [0.2, 0.25) is 5.28 Å². The van der Waals surface area contributed by atoms with Crippen LogP contribution in [0.25, 0.3) is 11.2 Å². The van der Waals surface area contributed by atoms with Gasteiger partial charge in [-0.05, 0) is 42.5 Å². The van der Waals surface area contributed by atoms with E-state index in [2.05, 4.69) is 21.9 Å². The van der Waals surface area contributed by atoms with Gasteiger partial charge in [-0.1, -0.05) is 25.8 Å². The molecule has 0 spiro atoms. The summed E-state index contributed by atoms with van der Waals surface area (Å²) in [5.74, 6) is 0. The number of pyridine rings is 1. The Balaban J connectivity index is 1.75. The number of imidazole rings is 1. The van der Waals surface area contributed by atoms with E-state index in [4.69, 9.17) is 11.6 Å². The van der Waals surface area contributed by atoms with Crippen molar-refractivity contribution in [3.63, 3.8) is 0 Å². The lowest BCUT2D eigenvalue weighted by Gasteiger charge is -2.19. The Hall–Kier alpha value is -3.14. The lowest BCUT2D eigenvalue weighted by Crippen LogP contribution is -2.41. The Morgan fingerprint density at radius 3 is 2.66 bits per heavy atom. The van der Waals surface area contributed by atoms with Gasteiger partial charge in [0.1, 0.15) is 0 Å². The van der Waals surface area contributed by atoms with Crippen LogP contribution in [-0.4, -0.2) is 53.3 Å². The minimum Gasteiger partial charge on any atom is -0.465 e. The first-order chi connectivity index (χ1) is 15.4. The van der Waals surface area contributed by atoms with Gasteiger partial charge in [0.05, 0.1) is 0 Å². The Kier molecular flexibility index (Phi) is 8.04. The number of aromatic amines is 1. The van der Waals surface area contributed by atoms with E-state index in [1.54, 1.807) is 18.5 Å². The van der Waals surface area contributed by atoms with E-state index >= 15 is 0 Å². The molecule has 11 heteroatoms. The Morgan fingerprint density at radius 2 is 1.97 bits per heavy atom. The van der Waals surface area contributed by atoms with Crippen molar-refractivity contribution in [2.45, 2.75) is 52.1 Å². The maximum absolute atomic E-state index is 13.0. The molecule has 3 aromatic heterocycles. The summed E-state index contributed by atoms with van der Waals surface area (Å²) in [6, 6.07) is 3.69. The molecule has 0 unspecified atom stereocenters. The fourth-order valence-electron chi connectivity index (χ4n) is 3.59. The van der Waals surface area contributed by atoms with Crippen molar-refractivity contribution in [3.8, 4) is 0 Å². The van der Waals surface area contributed by atoms with Crippen molar-refractivity contribution in [1.82, 2.24) is 29.0 Å². The summed E-state index contributed by atoms with van der Waals surface area (Å²) < 4.78 is 2.59. The number of aromatic nitrogens is 5. The average molecular weight is 463 g/mol. The summed E-state index contributed by atoms with van der Waals surface area (Å²) in [7, 11) is 0. The molecule has 0 radical (unpaired) electrons. The summed E-state index contributed by atoms with van der Waals surface area (Å²) in [5.41, 5.74) is 0.401. The van der Waals surface area contributed by atoms with Crippen LogP contribution in [0.2, 0.25) is 5.28 Å². The second-order valence-corrected chi connectivity index (χ2v) is 7.92. The molecule has 2 N–H and O–H groups in total. The second kappa shape index (κ2) is 10.9. The quantitative estimate of drug-likeness (QED) is 0.333. The van der Waals surface area contributed by atoms with E-state index in [1.165, 1.54) is 9.47 Å². The first-order valence-corrected chi connectivity index (χ1v) is 11.1. The smallest absolute Gasteiger partial charge is 0.407 e. The molecule has 0 aliphatic carbocycles. The van der Waals surface area contributed by atoms with Gasteiger partial charge in [-0.2, -0.15) is 4.98 Å². The minimum absolute atomic E-state index is 0.0472. The SMILES string of the molecule is CCCCCn1c(=O)n(CCCN(CCc2cccnc2)C(=O)O)c(=O)c2[nH]c(Cl)nc21. The minimum atomic E-state index is -1.05. The summed E-state index contributed by atoms with van der Waals surface area (Å²) >= 11 is 5.95. The molecule has 3 rings (SSSR count). The number of amides is 1. The third-order valence-electron chi connectivity index (χ3n) is 5.29. The molecule has 3 aromatic rings. The predicted molar refractivity (Wildman–Crippen MR) is 121 cm³/mol. The molecule has 3 heterocycles. The van der Waals surface area contributed by atoms with Crippen molar-refractivity contribution in [2.24, 2.45) is 0 Å². The number of hydrogen-bond acceptors (Lipinski definition) is 5. The van der Waals surface area contributed by atoms with Crippen molar-refractivity contribution < 1.29 is 9.90 Å². The highest BCUT2D eigenvalue weighted by atomic mass is 35.5. The molecule has 172 valence electrons. The van der Waals surface area contributed by atoms with Gasteiger partial charge < -0.3 is 15.0 Å². The predicted octanol–water partition coefficient (Wildman–Crippen LogP) is 2.74. The Bertz CT molecular complexity index is 1170. The normalized spacial score (nSPS) is 11.2. The number of nitrogens with one attached hydrogen (secondary N) is 1. The van der Waals surface area contributed by atoms with Gasteiger partial charge in [0.15, 0.2) is 11.2 Å². The third kappa shape index (κ3) is 5.56. The molecular weight excluding hydrogens is 436 g/mol. The number of rotatable bonds is 11. The summed E-state index contributed by atoms with van der Waals surface area (Å²) in [6.45, 7) is 3.07. The molecule has 0 atom stereocenters. The van der Waals surface area contributed by atoms with Gasteiger partial charge in [-0.25, -0.2) is 9.59 Å². The number of H-pyrrole nitrogens is 1. The third-order valence-corrected chi connectivity index (χ3v) is 5.47. The van der Waals surface area contributed by atoms with Crippen molar-refractivity contribution in [3.05, 3.63) is 56.2 Å². The van der Waals surface area contributed by atoms with Crippen molar-refractivity contribution in [1.29, 1.82) is 0 Å². The molecule has 0 bridgehead atoms. The van der Waals surface area contributed by atoms with E-state index in [1.807, 2.05) is 6.07 Å². The largest absolute Gasteiger partial charge is 0.465 e. The molecular formula is C21H27ClN6O4. The van der Waals surface area contributed by atoms with E-state index in [9.17, 15) is 19.5 Å². The van der Waals surface area contributed by atoms with Crippen molar-refractivity contribution in [2.75, 3.05) is 13.1 Å². The molecule has 0 aliphatic heterocycles. The van der Waals surface area contributed by atoms with E-state index in [0.29, 0.717) is 25.9 Å². The fraction of sp³-hybridized carbons (Fsp3) is 0.476. The molecule has 1 amide bonds. The first kappa shape index (κ1) is 23.5. The first-order valence-electron chi connectivity index (χ1n) is 10.7. The molecule has 0 fully saturated rings. The number of unbranched alkanes of at least 4 members (excludes halogenated alkanes) is 2. The highest BCUT2D eigenvalue weighted by Gasteiger charge is 2.18. The van der Waals surface area contributed by atoms with E-state index in [0.717, 1.165) is 29.4 Å². The monoisotopic (exact) mass is 462 g/mol.